The van der Waals surface area contributed by atoms with E-state index in [1.807, 2.05) is 18.3 Å². The number of aryl methyl sites for hydroxylation is 2. The quantitative estimate of drug-likeness (QED) is 0.123. The number of hydrogen-bond acceptors (Lipinski definition) is 4. The first-order chi connectivity index (χ1) is 29.6. The standard InChI is InChI=1S/C54H52F2N4O/c1-7-14-36-24-25-57-52(28-36)60-48-19-10-9-16-42(48)43-23-22-40(32-51(43)60)61-41-27-37(15-8-2)26-39(31-41)58-33-59(50-21-12-11-20-49(50)58)54-44(34(3)4)29-38(30-45(54)35(5)6)53-46(55)17-13-18-47(53)56/h9-13,16-32,34-35H,7-8,14-15,33H2,1-6H3. The second-order valence-electron chi connectivity index (χ2n) is 16.9. The number of nitrogens with zero attached hydrogens (tertiary/aromatic N) is 4. The zero-order chi connectivity index (χ0) is 42.4. The summed E-state index contributed by atoms with van der Waals surface area (Å²) in [5, 5.41) is 2.32. The molecule has 0 aliphatic carbocycles. The normalized spacial score (nSPS) is 12.7. The van der Waals surface area contributed by atoms with Gasteiger partial charge in [-0.05, 0) is 131 Å². The minimum absolute atomic E-state index is 0.0139. The first kappa shape index (κ1) is 40.0. The van der Waals surface area contributed by atoms with E-state index in [2.05, 4.69) is 153 Å². The summed E-state index contributed by atoms with van der Waals surface area (Å²) in [5.41, 5.74) is 11.6. The second-order valence-corrected chi connectivity index (χ2v) is 16.9. The highest BCUT2D eigenvalue weighted by atomic mass is 19.1. The third-order valence-electron chi connectivity index (χ3n) is 11.9. The smallest absolute Gasteiger partial charge is 0.137 e. The summed E-state index contributed by atoms with van der Waals surface area (Å²) in [6.45, 7) is 13.6. The lowest BCUT2D eigenvalue weighted by Gasteiger charge is -2.30. The number of benzene rings is 6. The van der Waals surface area contributed by atoms with Crippen molar-refractivity contribution in [2.75, 3.05) is 16.5 Å². The van der Waals surface area contributed by atoms with Gasteiger partial charge in [-0.3, -0.25) is 4.57 Å². The highest BCUT2D eigenvalue weighted by molar-refractivity contribution is 6.09. The molecular formula is C54H52F2N4O. The summed E-state index contributed by atoms with van der Waals surface area (Å²) in [7, 11) is 0. The van der Waals surface area contributed by atoms with Gasteiger partial charge in [0.25, 0.3) is 0 Å². The Bertz CT molecular complexity index is 2860. The highest BCUT2D eigenvalue weighted by Crippen LogP contribution is 2.50. The SMILES string of the molecule is CCCc1cc(Oc2ccc3c4ccccc4n(-c4cc(CCC)ccn4)c3c2)cc(N2CN(c3c(C(C)C)cc(-c4c(F)cccc4F)cc3C(C)C)c3ccccc32)c1. The van der Waals surface area contributed by atoms with E-state index in [1.54, 1.807) is 0 Å². The monoisotopic (exact) mass is 810 g/mol. The summed E-state index contributed by atoms with van der Waals surface area (Å²) in [6, 6.07) is 42.3. The highest BCUT2D eigenvalue weighted by Gasteiger charge is 2.33. The molecule has 5 nitrogen and oxygen atoms in total. The van der Waals surface area contributed by atoms with E-state index in [-0.39, 0.29) is 17.4 Å². The van der Waals surface area contributed by atoms with Crippen molar-refractivity contribution >= 4 is 44.6 Å². The Morgan fingerprint density at radius 1 is 0.607 bits per heavy atom. The van der Waals surface area contributed by atoms with Gasteiger partial charge in [0.1, 0.15) is 35.6 Å². The molecule has 0 bridgehead atoms. The van der Waals surface area contributed by atoms with Crippen LogP contribution in [0.15, 0.2) is 134 Å². The van der Waals surface area contributed by atoms with E-state index >= 15 is 8.78 Å². The van der Waals surface area contributed by atoms with Crippen LogP contribution in [0, 0.1) is 11.6 Å². The topological polar surface area (TPSA) is 33.5 Å². The fraction of sp³-hybridized carbons (Fsp3) is 0.241. The lowest BCUT2D eigenvalue weighted by Crippen LogP contribution is -2.26. The minimum atomic E-state index is -0.559. The molecule has 61 heavy (non-hydrogen) atoms. The Balaban J connectivity index is 1.13. The maximum absolute atomic E-state index is 15.3. The van der Waals surface area contributed by atoms with Gasteiger partial charge in [-0.2, -0.15) is 0 Å². The summed E-state index contributed by atoms with van der Waals surface area (Å²) < 4.78 is 39.6. The average Bonchev–Trinajstić information content (AvgIpc) is 3.79. The van der Waals surface area contributed by atoms with Gasteiger partial charge in [-0.25, -0.2) is 13.8 Å². The van der Waals surface area contributed by atoms with Gasteiger partial charge >= 0.3 is 0 Å². The molecule has 9 rings (SSSR count). The number of pyridine rings is 1. The van der Waals surface area contributed by atoms with Gasteiger partial charge in [0.05, 0.1) is 28.0 Å². The average molecular weight is 811 g/mol. The third-order valence-corrected chi connectivity index (χ3v) is 11.9. The molecule has 1 aliphatic rings. The van der Waals surface area contributed by atoms with E-state index in [4.69, 9.17) is 9.72 Å². The van der Waals surface area contributed by atoms with Crippen molar-refractivity contribution < 1.29 is 13.5 Å². The first-order valence-electron chi connectivity index (χ1n) is 21.7. The van der Waals surface area contributed by atoms with E-state index < -0.39 is 11.6 Å². The van der Waals surface area contributed by atoms with Crippen LogP contribution in [0.25, 0.3) is 38.8 Å². The number of rotatable bonds is 12. The number of fused-ring (bicyclic) bond motifs is 4. The van der Waals surface area contributed by atoms with Crippen molar-refractivity contribution in [2.45, 2.75) is 79.1 Å². The lowest BCUT2D eigenvalue weighted by molar-refractivity contribution is 0.482. The molecule has 0 amide bonds. The van der Waals surface area contributed by atoms with Gasteiger partial charge in [-0.1, -0.05) is 90.8 Å². The van der Waals surface area contributed by atoms with Gasteiger partial charge in [0, 0.05) is 40.5 Å². The number of ether oxygens (including phenoxy) is 1. The molecule has 0 spiro atoms. The van der Waals surface area contributed by atoms with E-state index in [0.29, 0.717) is 12.2 Å². The molecule has 6 aromatic carbocycles. The number of para-hydroxylation sites is 3. The van der Waals surface area contributed by atoms with Crippen LogP contribution in [0.1, 0.15) is 88.5 Å². The van der Waals surface area contributed by atoms with E-state index in [0.717, 1.165) is 93.3 Å². The Morgan fingerprint density at radius 2 is 1.26 bits per heavy atom. The number of halogens is 2. The first-order valence-corrected chi connectivity index (χ1v) is 21.7. The van der Waals surface area contributed by atoms with Gasteiger partial charge in [-0.15, -0.1) is 0 Å². The molecular weight excluding hydrogens is 759 g/mol. The van der Waals surface area contributed by atoms with Gasteiger partial charge in [0.2, 0.25) is 0 Å². The van der Waals surface area contributed by atoms with Crippen molar-refractivity contribution in [3.05, 3.63) is 167 Å². The molecule has 0 radical (unpaired) electrons. The molecule has 308 valence electrons. The lowest BCUT2D eigenvalue weighted by atomic mass is 9.87. The van der Waals surface area contributed by atoms with E-state index in [1.165, 1.54) is 34.7 Å². The van der Waals surface area contributed by atoms with Crippen LogP contribution in [0.5, 0.6) is 11.5 Å². The molecule has 0 fully saturated rings. The minimum Gasteiger partial charge on any atom is -0.457 e. The molecule has 1 aliphatic heterocycles. The summed E-state index contributed by atoms with van der Waals surface area (Å²) in [6.07, 6.45) is 5.87. The van der Waals surface area contributed by atoms with Gasteiger partial charge < -0.3 is 14.5 Å². The van der Waals surface area contributed by atoms with E-state index in [9.17, 15) is 0 Å². The predicted octanol–water partition coefficient (Wildman–Crippen LogP) is 15.3. The molecule has 0 atom stereocenters. The largest absolute Gasteiger partial charge is 0.457 e. The molecule has 2 aromatic heterocycles. The maximum atomic E-state index is 15.3. The third kappa shape index (κ3) is 7.41. The zero-order valence-electron chi connectivity index (χ0n) is 35.8. The van der Waals surface area contributed by atoms with Crippen LogP contribution in [0.4, 0.5) is 31.5 Å². The molecule has 0 unspecified atom stereocenters. The second kappa shape index (κ2) is 16.5. The number of aromatic nitrogens is 2. The molecule has 3 heterocycles. The van der Waals surface area contributed by atoms with Crippen molar-refractivity contribution in [1.29, 1.82) is 0 Å². The summed E-state index contributed by atoms with van der Waals surface area (Å²) in [4.78, 5) is 9.59. The van der Waals surface area contributed by atoms with Crippen LogP contribution >= 0.6 is 0 Å². The molecule has 0 N–H and O–H groups in total. The Morgan fingerprint density at radius 3 is 1.97 bits per heavy atom. The Hall–Kier alpha value is -6.47. The van der Waals surface area contributed by atoms with Crippen LogP contribution in [0.3, 0.4) is 0 Å². The van der Waals surface area contributed by atoms with Crippen molar-refractivity contribution in [3.8, 4) is 28.4 Å². The van der Waals surface area contributed by atoms with Gasteiger partial charge in [0.15, 0.2) is 0 Å². The van der Waals surface area contributed by atoms with Crippen molar-refractivity contribution in [2.24, 2.45) is 0 Å². The fourth-order valence-corrected chi connectivity index (χ4v) is 9.13. The van der Waals surface area contributed by atoms with Crippen LogP contribution in [-0.2, 0) is 12.8 Å². The molecule has 0 saturated carbocycles. The number of anilines is 4. The van der Waals surface area contributed by atoms with Crippen molar-refractivity contribution in [1.82, 2.24) is 9.55 Å². The zero-order valence-corrected chi connectivity index (χ0v) is 35.8. The summed E-state index contributed by atoms with van der Waals surface area (Å²) in [5.74, 6) is 1.47. The molecule has 7 heteroatoms. The van der Waals surface area contributed by atoms with Crippen LogP contribution in [-0.4, -0.2) is 16.2 Å². The maximum Gasteiger partial charge on any atom is 0.137 e. The Labute approximate surface area is 357 Å². The number of hydrogen-bond donors (Lipinski definition) is 0. The molecule has 0 saturated heterocycles. The predicted molar refractivity (Wildman–Crippen MR) is 249 cm³/mol. The fourth-order valence-electron chi connectivity index (χ4n) is 9.13. The Kier molecular flexibility index (Phi) is 10.8. The van der Waals surface area contributed by atoms with Crippen molar-refractivity contribution in [3.63, 3.8) is 0 Å². The summed E-state index contributed by atoms with van der Waals surface area (Å²) >= 11 is 0. The van der Waals surface area contributed by atoms with Crippen LogP contribution < -0.4 is 14.5 Å². The molecule has 8 aromatic rings. The van der Waals surface area contributed by atoms with Crippen LogP contribution in [0.2, 0.25) is 0 Å².